The summed E-state index contributed by atoms with van der Waals surface area (Å²) in [6.45, 7) is 8.97. The predicted molar refractivity (Wildman–Crippen MR) is 71.9 cm³/mol. The Kier molecular flexibility index (Phi) is 2.79. The fourth-order valence-corrected chi connectivity index (χ4v) is 2.30. The van der Waals surface area contributed by atoms with Crippen molar-refractivity contribution < 1.29 is 0 Å². The molecule has 1 aliphatic carbocycles. The summed E-state index contributed by atoms with van der Waals surface area (Å²) in [5, 5.41) is 3.47. The van der Waals surface area contributed by atoms with E-state index in [1.807, 2.05) is 0 Å². The third-order valence-electron chi connectivity index (χ3n) is 3.16. The summed E-state index contributed by atoms with van der Waals surface area (Å²) in [6, 6.07) is 7.18. The Hall–Kier alpha value is -1.24. The van der Waals surface area contributed by atoms with E-state index in [-0.39, 0.29) is 5.41 Å². The van der Waals surface area contributed by atoms with Crippen LogP contribution >= 0.6 is 0 Å². The highest BCUT2D eigenvalue weighted by Crippen LogP contribution is 2.36. The highest BCUT2D eigenvalue weighted by atomic mass is 14.9. The van der Waals surface area contributed by atoms with Gasteiger partial charge in [0, 0.05) is 11.7 Å². The lowest BCUT2D eigenvalue weighted by Crippen LogP contribution is -2.20. The fourth-order valence-electron chi connectivity index (χ4n) is 2.30. The molecule has 0 aromatic heterocycles. The zero-order valence-corrected chi connectivity index (χ0v) is 10.7. The highest BCUT2D eigenvalue weighted by molar-refractivity contribution is 5.64. The minimum absolute atomic E-state index is 0.263. The summed E-state index contributed by atoms with van der Waals surface area (Å²) < 4.78 is 0. The molecule has 86 valence electrons. The molecule has 1 N–H and O–H groups in total. The molecule has 16 heavy (non-hydrogen) atoms. The van der Waals surface area contributed by atoms with Gasteiger partial charge >= 0.3 is 0 Å². The van der Waals surface area contributed by atoms with Crippen LogP contribution in [0.15, 0.2) is 24.3 Å². The summed E-state index contributed by atoms with van der Waals surface area (Å²) in [4.78, 5) is 0. The molecule has 1 aliphatic rings. The third-order valence-corrected chi connectivity index (χ3v) is 3.16. The standard InChI is InChI=1S/C15H21N/c1-11(2)16-13-8-7-12-6-5-9-15(3,4)14(12)10-13/h5-8,10-11,16H,9H2,1-4H3. The Balaban J connectivity index is 2.40. The first-order valence-electron chi connectivity index (χ1n) is 6.07. The molecule has 0 bridgehead atoms. The average Bonchev–Trinajstić information content (AvgIpc) is 2.18. The lowest BCUT2D eigenvalue weighted by Gasteiger charge is -2.30. The van der Waals surface area contributed by atoms with Crippen LogP contribution in [0.4, 0.5) is 5.69 Å². The Morgan fingerprint density at radius 2 is 2.00 bits per heavy atom. The fraction of sp³-hybridized carbons (Fsp3) is 0.467. The molecule has 0 radical (unpaired) electrons. The molecule has 2 rings (SSSR count). The van der Waals surface area contributed by atoms with Gasteiger partial charge < -0.3 is 5.32 Å². The molecule has 1 aromatic rings. The maximum atomic E-state index is 3.47. The van der Waals surface area contributed by atoms with E-state index in [4.69, 9.17) is 0 Å². The maximum absolute atomic E-state index is 3.47. The summed E-state index contributed by atoms with van der Waals surface area (Å²) in [5.41, 5.74) is 4.32. The molecule has 0 fully saturated rings. The number of hydrogen-bond acceptors (Lipinski definition) is 1. The number of allylic oxidation sites excluding steroid dienone is 1. The molecule has 1 nitrogen and oxygen atoms in total. The lowest BCUT2D eigenvalue weighted by atomic mass is 9.76. The van der Waals surface area contributed by atoms with Crippen LogP contribution in [0.25, 0.3) is 6.08 Å². The topological polar surface area (TPSA) is 12.0 Å². The van der Waals surface area contributed by atoms with Crippen LogP contribution in [-0.4, -0.2) is 6.04 Å². The van der Waals surface area contributed by atoms with Gasteiger partial charge in [0.15, 0.2) is 0 Å². The predicted octanol–water partition coefficient (Wildman–Crippen LogP) is 4.20. The Labute approximate surface area is 98.6 Å². The van der Waals surface area contributed by atoms with Crippen LogP contribution in [0, 0.1) is 0 Å². The van der Waals surface area contributed by atoms with Crippen molar-refractivity contribution in [1.82, 2.24) is 0 Å². The van der Waals surface area contributed by atoms with Crippen LogP contribution in [0.2, 0.25) is 0 Å². The van der Waals surface area contributed by atoms with Crippen molar-refractivity contribution in [2.45, 2.75) is 45.6 Å². The number of fused-ring (bicyclic) bond motifs is 1. The van der Waals surface area contributed by atoms with Crippen molar-refractivity contribution in [2.75, 3.05) is 5.32 Å². The minimum Gasteiger partial charge on any atom is -0.383 e. The molecular formula is C15H21N. The zero-order valence-electron chi connectivity index (χ0n) is 10.7. The van der Waals surface area contributed by atoms with E-state index in [1.165, 1.54) is 16.8 Å². The molecule has 0 unspecified atom stereocenters. The van der Waals surface area contributed by atoms with Crippen LogP contribution in [0.5, 0.6) is 0 Å². The van der Waals surface area contributed by atoms with Gasteiger partial charge in [-0.3, -0.25) is 0 Å². The number of nitrogens with one attached hydrogen (secondary N) is 1. The zero-order chi connectivity index (χ0) is 11.8. The molecule has 0 saturated carbocycles. The third kappa shape index (κ3) is 2.13. The first-order chi connectivity index (χ1) is 7.49. The average molecular weight is 215 g/mol. The van der Waals surface area contributed by atoms with E-state index in [0.717, 1.165) is 6.42 Å². The van der Waals surface area contributed by atoms with Gasteiger partial charge in [0.2, 0.25) is 0 Å². The van der Waals surface area contributed by atoms with E-state index < -0.39 is 0 Å². The van der Waals surface area contributed by atoms with Crippen molar-refractivity contribution in [2.24, 2.45) is 0 Å². The van der Waals surface area contributed by atoms with Crippen LogP contribution < -0.4 is 5.32 Å². The van der Waals surface area contributed by atoms with Gasteiger partial charge in [0.25, 0.3) is 0 Å². The van der Waals surface area contributed by atoms with Gasteiger partial charge in [-0.2, -0.15) is 0 Å². The van der Waals surface area contributed by atoms with Crippen molar-refractivity contribution >= 4 is 11.8 Å². The summed E-state index contributed by atoms with van der Waals surface area (Å²) in [7, 11) is 0. The Morgan fingerprint density at radius 1 is 1.25 bits per heavy atom. The van der Waals surface area contributed by atoms with Crippen molar-refractivity contribution in [3.8, 4) is 0 Å². The van der Waals surface area contributed by atoms with Crippen molar-refractivity contribution in [1.29, 1.82) is 0 Å². The quantitative estimate of drug-likeness (QED) is 0.779. The second kappa shape index (κ2) is 3.97. The first kappa shape index (κ1) is 11.3. The number of rotatable bonds is 2. The monoisotopic (exact) mass is 215 g/mol. The van der Waals surface area contributed by atoms with Gasteiger partial charge in [-0.1, -0.05) is 32.1 Å². The van der Waals surface area contributed by atoms with Crippen molar-refractivity contribution in [3.63, 3.8) is 0 Å². The molecule has 0 atom stereocenters. The van der Waals surface area contributed by atoms with E-state index >= 15 is 0 Å². The smallest absolute Gasteiger partial charge is 0.0345 e. The first-order valence-corrected chi connectivity index (χ1v) is 6.07. The van der Waals surface area contributed by atoms with E-state index in [2.05, 4.69) is 63.4 Å². The highest BCUT2D eigenvalue weighted by Gasteiger charge is 2.24. The van der Waals surface area contributed by atoms with Crippen LogP contribution in [-0.2, 0) is 5.41 Å². The van der Waals surface area contributed by atoms with E-state index in [0.29, 0.717) is 6.04 Å². The minimum atomic E-state index is 0.263. The Bertz CT molecular complexity index is 413. The van der Waals surface area contributed by atoms with Gasteiger partial charge in [-0.05, 0) is 48.9 Å². The maximum Gasteiger partial charge on any atom is 0.0345 e. The molecule has 0 aliphatic heterocycles. The summed E-state index contributed by atoms with van der Waals surface area (Å²) in [5.74, 6) is 0. The molecule has 0 saturated heterocycles. The SMILES string of the molecule is CC(C)Nc1ccc2c(c1)C(C)(C)CC=C2. The summed E-state index contributed by atoms with van der Waals surface area (Å²) >= 11 is 0. The van der Waals surface area contributed by atoms with Crippen LogP contribution in [0.1, 0.15) is 45.2 Å². The van der Waals surface area contributed by atoms with Crippen LogP contribution in [0.3, 0.4) is 0 Å². The second-order valence-corrected chi connectivity index (χ2v) is 5.59. The lowest BCUT2D eigenvalue weighted by molar-refractivity contribution is 0.529. The van der Waals surface area contributed by atoms with Gasteiger partial charge in [-0.25, -0.2) is 0 Å². The molecular weight excluding hydrogens is 194 g/mol. The molecule has 1 heteroatoms. The van der Waals surface area contributed by atoms with E-state index in [9.17, 15) is 0 Å². The second-order valence-electron chi connectivity index (χ2n) is 5.59. The number of anilines is 1. The van der Waals surface area contributed by atoms with Gasteiger partial charge in [0.05, 0.1) is 0 Å². The Morgan fingerprint density at radius 3 is 2.69 bits per heavy atom. The number of benzene rings is 1. The normalized spacial score (nSPS) is 17.3. The number of hydrogen-bond donors (Lipinski definition) is 1. The molecule has 0 heterocycles. The molecule has 0 spiro atoms. The summed E-state index contributed by atoms with van der Waals surface area (Å²) in [6.07, 6.45) is 5.64. The van der Waals surface area contributed by atoms with Gasteiger partial charge in [-0.15, -0.1) is 0 Å². The molecule has 0 amide bonds. The van der Waals surface area contributed by atoms with Crippen molar-refractivity contribution in [3.05, 3.63) is 35.4 Å². The van der Waals surface area contributed by atoms with Gasteiger partial charge in [0.1, 0.15) is 0 Å². The molecule has 1 aromatic carbocycles. The van der Waals surface area contributed by atoms with E-state index in [1.54, 1.807) is 0 Å². The largest absolute Gasteiger partial charge is 0.383 e.